The Labute approximate surface area is 110 Å². The Balaban J connectivity index is 2.29. The Morgan fingerprint density at radius 3 is 2.72 bits per heavy atom. The maximum absolute atomic E-state index is 4.51. The zero-order valence-corrected chi connectivity index (χ0v) is 11.9. The van der Waals surface area contributed by atoms with Crippen molar-refractivity contribution in [3.8, 4) is 0 Å². The molecule has 4 heteroatoms. The Morgan fingerprint density at radius 1 is 1.44 bits per heavy atom. The van der Waals surface area contributed by atoms with Gasteiger partial charge in [0.15, 0.2) is 0 Å². The van der Waals surface area contributed by atoms with Gasteiger partial charge in [0.1, 0.15) is 18.0 Å². The maximum Gasteiger partial charge on any atom is 0.137 e. The molecule has 100 valence electrons. The van der Waals surface area contributed by atoms with Crippen LogP contribution in [0.15, 0.2) is 6.33 Å². The first-order valence-corrected chi connectivity index (χ1v) is 6.93. The van der Waals surface area contributed by atoms with Crippen LogP contribution in [0.4, 0.5) is 11.6 Å². The molecule has 0 bridgehead atoms. The summed E-state index contributed by atoms with van der Waals surface area (Å²) in [7, 11) is 4.08. The molecule has 4 nitrogen and oxygen atoms in total. The fourth-order valence-corrected chi connectivity index (χ4v) is 2.49. The first kappa shape index (κ1) is 13.1. The largest absolute Gasteiger partial charge is 0.373 e. The molecule has 0 aliphatic heterocycles. The molecule has 0 amide bonds. The monoisotopic (exact) mass is 248 g/mol. The summed E-state index contributed by atoms with van der Waals surface area (Å²) in [6.07, 6.45) is 6.52. The molecule has 1 aliphatic rings. The number of anilines is 2. The first-order valence-electron chi connectivity index (χ1n) is 6.93. The number of nitrogens with zero attached hydrogens (tertiary/aromatic N) is 3. The quantitative estimate of drug-likeness (QED) is 0.840. The Bertz CT molecular complexity index is 401. The highest BCUT2D eigenvalue weighted by Gasteiger charge is 2.32. The molecule has 1 atom stereocenters. The molecule has 0 radical (unpaired) electrons. The molecule has 1 aromatic heterocycles. The van der Waals surface area contributed by atoms with E-state index in [1.807, 2.05) is 7.05 Å². The van der Waals surface area contributed by atoms with Crippen LogP contribution >= 0.6 is 0 Å². The number of rotatable bonds is 6. The second-order valence-corrected chi connectivity index (χ2v) is 5.21. The predicted octanol–water partition coefficient (Wildman–Crippen LogP) is 2.71. The third-order valence-electron chi connectivity index (χ3n) is 3.91. The van der Waals surface area contributed by atoms with Crippen molar-refractivity contribution in [2.75, 3.05) is 24.3 Å². The van der Waals surface area contributed by atoms with Crippen LogP contribution < -0.4 is 10.2 Å². The van der Waals surface area contributed by atoms with E-state index in [1.54, 1.807) is 6.33 Å². The van der Waals surface area contributed by atoms with E-state index in [0.717, 1.165) is 30.4 Å². The van der Waals surface area contributed by atoms with Crippen molar-refractivity contribution in [2.24, 2.45) is 5.92 Å². The van der Waals surface area contributed by atoms with E-state index in [2.05, 4.69) is 41.1 Å². The maximum atomic E-state index is 4.51. The molecular formula is C14H24N4. The van der Waals surface area contributed by atoms with E-state index in [-0.39, 0.29) is 0 Å². The fraction of sp³-hybridized carbons (Fsp3) is 0.714. The zero-order chi connectivity index (χ0) is 13.1. The molecule has 1 aliphatic carbocycles. The zero-order valence-electron chi connectivity index (χ0n) is 11.9. The van der Waals surface area contributed by atoms with Crippen LogP contribution in [0.25, 0.3) is 0 Å². The van der Waals surface area contributed by atoms with Gasteiger partial charge in [-0.1, -0.05) is 13.3 Å². The van der Waals surface area contributed by atoms with Crippen LogP contribution in [0.1, 0.15) is 38.7 Å². The Hall–Kier alpha value is -1.32. The van der Waals surface area contributed by atoms with E-state index >= 15 is 0 Å². The van der Waals surface area contributed by atoms with Crippen LogP contribution in [0, 0.1) is 5.92 Å². The summed E-state index contributed by atoms with van der Waals surface area (Å²) >= 11 is 0. The summed E-state index contributed by atoms with van der Waals surface area (Å²) in [5.74, 6) is 2.91. The molecule has 18 heavy (non-hydrogen) atoms. The lowest BCUT2D eigenvalue weighted by atomic mass is 10.1. The fourth-order valence-electron chi connectivity index (χ4n) is 2.49. The molecule has 1 saturated carbocycles. The summed E-state index contributed by atoms with van der Waals surface area (Å²) < 4.78 is 0. The van der Waals surface area contributed by atoms with Crippen molar-refractivity contribution < 1.29 is 0 Å². The minimum Gasteiger partial charge on any atom is -0.373 e. The summed E-state index contributed by atoms with van der Waals surface area (Å²) in [6, 6.07) is 0.570. The van der Waals surface area contributed by atoms with Crippen molar-refractivity contribution in [2.45, 2.75) is 45.6 Å². The van der Waals surface area contributed by atoms with Crippen LogP contribution in [0.5, 0.6) is 0 Å². The Morgan fingerprint density at radius 2 is 2.17 bits per heavy atom. The lowest BCUT2D eigenvalue weighted by molar-refractivity contribution is 0.600. The Kier molecular flexibility index (Phi) is 4.04. The van der Waals surface area contributed by atoms with Gasteiger partial charge in [0, 0.05) is 25.7 Å². The van der Waals surface area contributed by atoms with Crippen molar-refractivity contribution in [3.05, 3.63) is 11.9 Å². The lowest BCUT2D eigenvalue weighted by Gasteiger charge is -2.28. The van der Waals surface area contributed by atoms with Gasteiger partial charge in [-0.15, -0.1) is 0 Å². The number of hydrogen-bond donors (Lipinski definition) is 1. The number of hydrogen-bond acceptors (Lipinski definition) is 4. The second-order valence-electron chi connectivity index (χ2n) is 5.21. The van der Waals surface area contributed by atoms with Gasteiger partial charge in [-0.05, 0) is 32.1 Å². The van der Waals surface area contributed by atoms with Crippen LogP contribution in [-0.2, 0) is 6.42 Å². The highest BCUT2D eigenvalue weighted by molar-refractivity contribution is 5.58. The van der Waals surface area contributed by atoms with E-state index in [9.17, 15) is 0 Å². The van der Waals surface area contributed by atoms with E-state index in [0.29, 0.717) is 6.04 Å². The van der Waals surface area contributed by atoms with Gasteiger partial charge < -0.3 is 10.2 Å². The standard InChI is InChI=1S/C14H24N4/c1-5-6-12-13(15-3)16-9-17-14(12)18(4)10(2)11-7-8-11/h9-11H,5-8H2,1-4H3,(H,15,16,17). The van der Waals surface area contributed by atoms with Crippen molar-refractivity contribution in [1.82, 2.24) is 9.97 Å². The minimum atomic E-state index is 0.570. The van der Waals surface area contributed by atoms with Crippen molar-refractivity contribution >= 4 is 11.6 Å². The van der Waals surface area contributed by atoms with Crippen molar-refractivity contribution in [3.63, 3.8) is 0 Å². The molecule has 1 unspecified atom stereocenters. The summed E-state index contributed by atoms with van der Waals surface area (Å²) in [5, 5.41) is 3.18. The smallest absolute Gasteiger partial charge is 0.137 e. The molecule has 1 N–H and O–H groups in total. The predicted molar refractivity (Wildman–Crippen MR) is 76.2 cm³/mol. The minimum absolute atomic E-state index is 0.570. The summed E-state index contributed by atoms with van der Waals surface area (Å²) in [5.41, 5.74) is 1.25. The molecule has 0 spiro atoms. The van der Waals surface area contributed by atoms with Gasteiger partial charge in [0.25, 0.3) is 0 Å². The first-order chi connectivity index (χ1) is 8.69. The molecule has 1 fully saturated rings. The highest BCUT2D eigenvalue weighted by atomic mass is 15.2. The molecule has 0 saturated heterocycles. The molecule has 0 aromatic carbocycles. The second kappa shape index (κ2) is 5.55. The molecular weight excluding hydrogens is 224 g/mol. The van der Waals surface area contributed by atoms with E-state index in [4.69, 9.17) is 0 Å². The average Bonchev–Trinajstić information content (AvgIpc) is 3.22. The summed E-state index contributed by atoms with van der Waals surface area (Å²) in [4.78, 5) is 11.2. The summed E-state index contributed by atoms with van der Waals surface area (Å²) in [6.45, 7) is 4.50. The topological polar surface area (TPSA) is 41.1 Å². The third-order valence-corrected chi connectivity index (χ3v) is 3.91. The lowest BCUT2D eigenvalue weighted by Crippen LogP contribution is -2.32. The van der Waals surface area contributed by atoms with Gasteiger partial charge in [-0.25, -0.2) is 9.97 Å². The van der Waals surface area contributed by atoms with Gasteiger partial charge in [0.2, 0.25) is 0 Å². The van der Waals surface area contributed by atoms with Crippen LogP contribution in [-0.4, -0.2) is 30.1 Å². The highest BCUT2D eigenvalue weighted by Crippen LogP contribution is 2.37. The number of aromatic nitrogens is 2. The van der Waals surface area contributed by atoms with Gasteiger partial charge in [-0.2, -0.15) is 0 Å². The third kappa shape index (κ3) is 2.57. The van der Waals surface area contributed by atoms with E-state index in [1.165, 1.54) is 18.4 Å². The number of nitrogens with one attached hydrogen (secondary N) is 1. The normalized spacial score (nSPS) is 16.4. The average molecular weight is 248 g/mol. The van der Waals surface area contributed by atoms with Gasteiger partial charge >= 0.3 is 0 Å². The van der Waals surface area contributed by atoms with Crippen LogP contribution in [0.3, 0.4) is 0 Å². The van der Waals surface area contributed by atoms with Crippen molar-refractivity contribution in [1.29, 1.82) is 0 Å². The molecule has 1 heterocycles. The van der Waals surface area contributed by atoms with Gasteiger partial charge in [-0.3, -0.25) is 0 Å². The molecule has 1 aromatic rings. The van der Waals surface area contributed by atoms with Crippen LogP contribution in [0.2, 0.25) is 0 Å². The molecule has 2 rings (SSSR count). The SMILES string of the molecule is CCCc1c(NC)ncnc1N(C)C(C)C1CC1. The van der Waals surface area contributed by atoms with Gasteiger partial charge in [0.05, 0.1) is 0 Å². The van der Waals surface area contributed by atoms with E-state index < -0.39 is 0 Å².